The van der Waals surface area contributed by atoms with Crippen LogP contribution in [0.2, 0.25) is 0 Å². The molecule has 0 aliphatic carbocycles. The molecule has 0 saturated carbocycles. The minimum atomic E-state index is -0.450. The summed E-state index contributed by atoms with van der Waals surface area (Å²) in [7, 11) is 0. The Morgan fingerprint density at radius 1 is 1.10 bits per heavy atom. The Kier molecular flexibility index (Phi) is 7.40. The molecular formula is C16H24N2O2. The fourth-order valence-electron chi connectivity index (χ4n) is 1.92. The molecule has 0 saturated heterocycles. The second-order valence-electron chi connectivity index (χ2n) is 4.87. The Morgan fingerprint density at radius 3 is 2.40 bits per heavy atom. The third kappa shape index (κ3) is 5.87. The fraction of sp³-hybridized carbons (Fsp3) is 0.500. The van der Waals surface area contributed by atoms with Crippen molar-refractivity contribution in [1.82, 2.24) is 5.32 Å². The molecule has 0 fully saturated rings. The maximum Gasteiger partial charge on any atom is 0.246 e. The van der Waals surface area contributed by atoms with Crippen molar-refractivity contribution in [2.45, 2.75) is 52.0 Å². The molecule has 1 aromatic rings. The van der Waals surface area contributed by atoms with Gasteiger partial charge in [-0.1, -0.05) is 44.9 Å². The van der Waals surface area contributed by atoms with E-state index in [2.05, 4.69) is 17.6 Å². The highest BCUT2D eigenvalue weighted by molar-refractivity contribution is 5.97. The molecule has 2 N–H and O–H groups in total. The van der Waals surface area contributed by atoms with Gasteiger partial charge in [-0.05, 0) is 25.0 Å². The van der Waals surface area contributed by atoms with Gasteiger partial charge in [-0.2, -0.15) is 0 Å². The number of amides is 2. The van der Waals surface area contributed by atoms with E-state index in [1.165, 1.54) is 0 Å². The van der Waals surface area contributed by atoms with Crippen molar-refractivity contribution in [2.75, 3.05) is 5.32 Å². The number of carbonyl (C=O) groups is 2. The molecule has 20 heavy (non-hydrogen) atoms. The molecule has 110 valence electrons. The second-order valence-corrected chi connectivity index (χ2v) is 4.87. The zero-order valence-corrected chi connectivity index (χ0v) is 12.3. The minimum absolute atomic E-state index is 0.0585. The maximum absolute atomic E-state index is 12.2. The lowest BCUT2D eigenvalue weighted by Gasteiger charge is -2.18. The first kappa shape index (κ1) is 16.2. The summed E-state index contributed by atoms with van der Waals surface area (Å²) in [6, 6.07) is 8.85. The Hall–Kier alpha value is -1.84. The van der Waals surface area contributed by atoms with Crippen LogP contribution in [-0.4, -0.2) is 17.9 Å². The predicted molar refractivity (Wildman–Crippen MR) is 81.4 cm³/mol. The highest BCUT2D eigenvalue weighted by Gasteiger charge is 2.19. The number of hydrogen-bond donors (Lipinski definition) is 2. The van der Waals surface area contributed by atoms with Crippen molar-refractivity contribution >= 4 is 17.5 Å². The van der Waals surface area contributed by atoms with Crippen LogP contribution in [0.5, 0.6) is 0 Å². The van der Waals surface area contributed by atoms with E-state index in [-0.39, 0.29) is 11.8 Å². The molecule has 0 aromatic heterocycles. The average Bonchev–Trinajstić information content (AvgIpc) is 2.44. The molecular weight excluding hydrogens is 252 g/mol. The standard InChI is InChI=1S/C16H24N2O2/c1-3-5-12-14(18-15(19)9-4-2)16(20)17-13-10-7-6-8-11-13/h6-8,10-11,14H,3-5,9,12H2,1-2H3,(H,17,20)(H,18,19). The van der Waals surface area contributed by atoms with Crippen molar-refractivity contribution in [1.29, 1.82) is 0 Å². The van der Waals surface area contributed by atoms with E-state index in [1.54, 1.807) is 0 Å². The SMILES string of the molecule is CCCCC(NC(=O)CCC)C(=O)Nc1ccccc1. The molecule has 0 radical (unpaired) electrons. The Labute approximate surface area is 121 Å². The summed E-state index contributed by atoms with van der Waals surface area (Å²) in [5, 5.41) is 5.67. The van der Waals surface area contributed by atoms with Crippen LogP contribution in [0.3, 0.4) is 0 Å². The quantitative estimate of drug-likeness (QED) is 0.766. The largest absolute Gasteiger partial charge is 0.344 e. The molecule has 1 rings (SSSR count). The first-order valence-corrected chi connectivity index (χ1v) is 7.32. The molecule has 1 atom stereocenters. The number of benzene rings is 1. The van der Waals surface area contributed by atoms with Crippen molar-refractivity contribution in [3.8, 4) is 0 Å². The number of rotatable bonds is 8. The van der Waals surface area contributed by atoms with Crippen molar-refractivity contribution in [3.05, 3.63) is 30.3 Å². The van der Waals surface area contributed by atoms with E-state index in [0.29, 0.717) is 12.8 Å². The zero-order chi connectivity index (χ0) is 14.8. The highest BCUT2D eigenvalue weighted by Crippen LogP contribution is 2.08. The topological polar surface area (TPSA) is 58.2 Å². The van der Waals surface area contributed by atoms with Gasteiger partial charge in [0, 0.05) is 12.1 Å². The number of nitrogens with one attached hydrogen (secondary N) is 2. The van der Waals surface area contributed by atoms with Crippen molar-refractivity contribution < 1.29 is 9.59 Å². The number of hydrogen-bond acceptors (Lipinski definition) is 2. The summed E-state index contributed by atoms with van der Waals surface area (Å²) in [5.41, 5.74) is 0.753. The van der Waals surface area contributed by atoms with Gasteiger partial charge in [0.15, 0.2) is 0 Å². The maximum atomic E-state index is 12.2. The summed E-state index contributed by atoms with van der Waals surface area (Å²) in [4.78, 5) is 23.9. The summed E-state index contributed by atoms with van der Waals surface area (Å²) in [6.07, 6.45) is 3.83. The van der Waals surface area contributed by atoms with Crippen LogP contribution in [0.1, 0.15) is 46.0 Å². The van der Waals surface area contributed by atoms with E-state index in [1.807, 2.05) is 37.3 Å². The van der Waals surface area contributed by atoms with Crippen molar-refractivity contribution in [3.63, 3.8) is 0 Å². The summed E-state index contributed by atoms with van der Waals surface area (Å²) in [5.74, 6) is -0.203. The number of carbonyl (C=O) groups excluding carboxylic acids is 2. The first-order valence-electron chi connectivity index (χ1n) is 7.32. The van der Waals surface area contributed by atoms with Crippen LogP contribution in [-0.2, 0) is 9.59 Å². The van der Waals surface area contributed by atoms with Crippen LogP contribution in [0, 0.1) is 0 Å². The molecule has 0 spiro atoms. The summed E-state index contributed by atoms with van der Waals surface area (Å²) < 4.78 is 0. The molecule has 0 aliphatic heterocycles. The van der Waals surface area contributed by atoms with Crippen LogP contribution in [0.25, 0.3) is 0 Å². The number of anilines is 1. The molecule has 4 heteroatoms. The molecule has 0 aliphatic rings. The van der Waals surface area contributed by atoms with Crippen LogP contribution >= 0.6 is 0 Å². The van der Waals surface area contributed by atoms with Crippen LogP contribution in [0.4, 0.5) is 5.69 Å². The number of para-hydroxylation sites is 1. The first-order chi connectivity index (χ1) is 9.67. The molecule has 1 aromatic carbocycles. The average molecular weight is 276 g/mol. The van der Waals surface area contributed by atoms with Crippen molar-refractivity contribution in [2.24, 2.45) is 0 Å². The summed E-state index contributed by atoms with van der Waals surface area (Å²) in [6.45, 7) is 4.02. The molecule has 2 amide bonds. The lowest BCUT2D eigenvalue weighted by atomic mass is 10.1. The lowest BCUT2D eigenvalue weighted by molar-refractivity contribution is -0.126. The Bertz CT molecular complexity index is 418. The smallest absolute Gasteiger partial charge is 0.246 e. The van der Waals surface area contributed by atoms with E-state index in [9.17, 15) is 9.59 Å². The van der Waals surface area contributed by atoms with E-state index in [0.717, 1.165) is 24.9 Å². The molecule has 4 nitrogen and oxygen atoms in total. The van der Waals surface area contributed by atoms with E-state index < -0.39 is 6.04 Å². The monoisotopic (exact) mass is 276 g/mol. The van der Waals surface area contributed by atoms with Gasteiger partial charge in [0.25, 0.3) is 0 Å². The zero-order valence-electron chi connectivity index (χ0n) is 12.3. The van der Waals surface area contributed by atoms with Gasteiger partial charge in [-0.25, -0.2) is 0 Å². The normalized spacial score (nSPS) is 11.7. The fourth-order valence-corrected chi connectivity index (χ4v) is 1.92. The van der Waals surface area contributed by atoms with Crippen LogP contribution in [0.15, 0.2) is 30.3 Å². The third-order valence-electron chi connectivity index (χ3n) is 3.02. The third-order valence-corrected chi connectivity index (χ3v) is 3.02. The van der Waals surface area contributed by atoms with Gasteiger partial charge in [0.2, 0.25) is 11.8 Å². The van der Waals surface area contributed by atoms with E-state index in [4.69, 9.17) is 0 Å². The second kappa shape index (κ2) is 9.13. The lowest BCUT2D eigenvalue weighted by Crippen LogP contribution is -2.43. The van der Waals surface area contributed by atoms with Gasteiger partial charge in [0.05, 0.1) is 0 Å². The highest BCUT2D eigenvalue weighted by atomic mass is 16.2. The predicted octanol–water partition coefficient (Wildman–Crippen LogP) is 3.10. The number of unbranched alkanes of at least 4 members (excludes halogenated alkanes) is 1. The molecule has 0 heterocycles. The van der Waals surface area contributed by atoms with Gasteiger partial charge >= 0.3 is 0 Å². The molecule has 0 bridgehead atoms. The Morgan fingerprint density at radius 2 is 1.80 bits per heavy atom. The van der Waals surface area contributed by atoms with Gasteiger partial charge in [-0.3, -0.25) is 9.59 Å². The van der Waals surface area contributed by atoms with Gasteiger partial charge < -0.3 is 10.6 Å². The van der Waals surface area contributed by atoms with E-state index >= 15 is 0 Å². The Balaban J connectivity index is 2.61. The van der Waals surface area contributed by atoms with Crippen LogP contribution < -0.4 is 10.6 Å². The molecule has 1 unspecified atom stereocenters. The van der Waals surface area contributed by atoms with Gasteiger partial charge in [0.1, 0.15) is 6.04 Å². The minimum Gasteiger partial charge on any atom is -0.344 e. The van der Waals surface area contributed by atoms with Gasteiger partial charge in [-0.15, -0.1) is 0 Å². The summed E-state index contributed by atoms with van der Waals surface area (Å²) >= 11 is 0.